The molecule has 0 aliphatic carbocycles. The van der Waals surface area contributed by atoms with Gasteiger partial charge in [0.2, 0.25) is 0 Å². The van der Waals surface area contributed by atoms with Crippen LogP contribution >= 0.6 is 15.9 Å². The Labute approximate surface area is 146 Å². The molecule has 0 unspecified atom stereocenters. The molecule has 0 radical (unpaired) electrons. The van der Waals surface area contributed by atoms with Gasteiger partial charge in [0.1, 0.15) is 12.4 Å². The fraction of sp³-hybridized carbons (Fsp3) is 0.368. The molecule has 23 heavy (non-hydrogen) atoms. The molecule has 2 aromatic carbocycles. The van der Waals surface area contributed by atoms with Gasteiger partial charge in [0.05, 0.1) is 0 Å². The largest absolute Gasteiger partial charge is 0.489 e. The zero-order valence-corrected chi connectivity index (χ0v) is 14.7. The Bertz CT molecular complexity index is 612. The highest BCUT2D eigenvalue weighted by atomic mass is 79.9. The Kier molecular flexibility index (Phi) is 6.08. The van der Waals surface area contributed by atoms with Gasteiger partial charge in [-0.25, -0.2) is 0 Å². The average Bonchev–Trinajstić information content (AvgIpc) is 2.61. The molecular formula is C19H22BrNO2. The Morgan fingerprint density at radius 3 is 2.61 bits per heavy atom. The van der Waals surface area contributed by atoms with E-state index in [1.807, 2.05) is 30.3 Å². The fourth-order valence-electron chi connectivity index (χ4n) is 2.66. The maximum atomic E-state index is 5.86. The quantitative estimate of drug-likeness (QED) is 0.816. The summed E-state index contributed by atoms with van der Waals surface area (Å²) in [5.41, 5.74) is 2.43. The molecule has 3 nitrogen and oxygen atoms in total. The molecule has 0 atom stereocenters. The molecule has 2 aromatic rings. The van der Waals surface area contributed by atoms with E-state index in [2.05, 4.69) is 39.4 Å². The van der Waals surface area contributed by atoms with Crippen molar-refractivity contribution in [3.05, 3.63) is 64.1 Å². The van der Waals surface area contributed by atoms with Crippen LogP contribution in [0.1, 0.15) is 24.0 Å². The van der Waals surface area contributed by atoms with E-state index in [0.717, 1.165) is 42.8 Å². The number of hydrogen-bond acceptors (Lipinski definition) is 3. The molecule has 122 valence electrons. The van der Waals surface area contributed by atoms with Crippen molar-refractivity contribution in [3.63, 3.8) is 0 Å². The van der Waals surface area contributed by atoms with Crippen LogP contribution in [0.2, 0.25) is 0 Å². The van der Waals surface area contributed by atoms with Crippen LogP contribution in [0.5, 0.6) is 5.75 Å². The summed E-state index contributed by atoms with van der Waals surface area (Å²) in [7, 11) is 0. The summed E-state index contributed by atoms with van der Waals surface area (Å²) < 4.78 is 12.3. The molecule has 0 amide bonds. The lowest BCUT2D eigenvalue weighted by molar-refractivity contribution is 0.0776. The van der Waals surface area contributed by atoms with Crippen molar-refractivity contribution in [1.29, 1.82) is 0 Å². The van der Waals surface area contributed by atoms with E-state index in [9.17, 15) is 0 Å². The summed E-state index contributed by atoms with van der Waals surface area (Å²) >= 11 is 3.65. The lowest BCUT2D eigenvalue weighted by atomic mass is 10.1. The van der Waals surface area contributed by atoms with Gasteiger partial charge in [-0.05, 0) is 36.1 Å². The standard InChI is InChI=1S/C19H22BrNO2/c20-19-12-18(23-14-15-4-2-1-3-5-15)7-6-16(19)13-21-17-8-10-22-11-9-17/h1-7,12,17,21H,8-11,13-14H2. The lowest BCUT2D eigenvalue weighted by Crippen LogP contribution is -2.34. The molecule has 0 bridgehead atoms. The van der Waals surface area contributed by atoms with Crippen LogP contribution in [0.15, 0.2) is 53.0 Å². The monoisotopic (exact) mass is 375 g/mol. The number of halogens is 1. The van der Waals surface area contributed by atoms with E-state index < -0.39 is 0 Å². The highest BCUT2D eigenvalue weighted by Crippen LogP contribution is 2.24. The molecule has 0 aromatic heterocycles. The van der Waals surface area contributed by atoms with Gasteiger partial charge in [-0.2, -0.15) is 0 Å². The molecule has 1 aliphatic rings. The summed E-state index contributed by atoms with van der Waals surface area (Å²) in [6.45, 7) is 3.19. The first-order valence-electron chi connectivity index (χ1n) is 8.07. The number of rotatable bonds is 6. The summed E-state index contributed by atoms with van der Waals surface area (Å²) in [5, 5.41) is 3.61. The summed E-state index contributed by atoms with van der Waals surface area (Å²) in [5.74, 6) is 0.885. The van der Waals surface area contributed by atoms with Crippen molar-refractivity contribution in [2.24, 2.45) is 0 Å². The van der Waals surface area contributed by atoms with Gasteiger partial charge in [-0.15, -0.1) is 0 Å². The maximum absolute atomic E-state index is 5.86. The van der Waals surface area contributed by atoms with Gasteiger partial charge in [-0.1, -0.05) is 52.3 Å². The predicted molar refractivity (Wildman–Crippen MR) is 95.6 cm³/mol. The number of nitrogens with one attached hydrogen (secondary N) is 1. The molecule has 0 spiro atoms. The van der Waals surface area contributed by atoms with E-state index in [4.69, 9.17) is 9.47 Å². The van der Waals surface area contributed by atoms with Crippen molar-refractivity contribution in [2.75, 3.05) is 13.2 Å². The first kappa shape index (κ1) is 16.5. The molecule has 4 heteroatoms. The van der Waals surface area contributed by atoms with Crippen LogP contribution in [0, 0.1) is 0 Å². The number of ether oxygens (including phenoxy) is 2. The second-order valence-corrected chi connectivity index (χ2v) is 6.65. The second kappa shape index (κ2) is 8.48. The third-order valence-corrected chi connectivity index (χ3v) is 4.81. The van der Waals surface area contributed by atoms with Crippen LogP contribution < -0.4 is 10.1 Å². The van der Waals surface area contributed by atoms with Crippen molar-refractivity contribution in [2.45, 2.75) is 32.0 Å². The predicted octanol–water partition coefficient (Wildman–Crippen LogP) is 4.30. The SMILES string of the molecule is Brc1cc(OCc2ccccc2)ccc1CNC1CCOCC1. The molecule has 1 N–H and O–H groups in total. The minimum absolute atomic E-state index is 0.560. The van der Waals surface area contributed by atoms with Gasteiger partial charge in [0, 0.05) is 30.3 Å². The summed E-state index contributed by atoms with van der Waals surface area (Å²) in [6.07, 6.45) is 2.19. The molecule has 0 saturated carbocycles. The molecule has 3 rings (SSSR count). The third-order valence-electron chi connectivity index (χ3n) is 4.08. The van der Waals surface area contributed by atoms with Gasteiger partial charge >= 0.3 is 0 Å². The Hall–Kier alpha value is -1.36. The number of hydrogen-bond donors (Lipinski definition) is 1. The van der Waals surface area contributed by atoms with E-state index in [-0.39, 0.29) is 0 Å². The van der Waals surface area contributed by atoms with Crippen LogP contribution in [-0.4, -0.2) is 19.3 Å². The summed E-state index contributed by atoms with van der Waals surface area (Å²) in [6, 6.07) is 17.0. The molecule has 1 saturated heterocycles. The lowest BCUT2D eigenvalue weighted by Gasteiger charge is -2.23. The maximum Gasteiger partial charge on any atom is 0.120 e. The van der Waals surface area contributed by atoms with Crippen LogP contribution in [0.25, 0.3) is 0 Å². The highest BCUT2D eigenvalue weighted by molar-refractivity contribution is 9.10. The second-order valence-electron chi connectivity index (χ2n) is 5.80. The van der Waals surface area contributed by atoms with Crippen molar-refractivity contribution in [3.8, 4) is 5.75 Å². The zero-order chi connectivity index (χ0) is 15.9. The zero-order valence-electron chi connectivity index (χ0n) is 13.1. The fourth-order valence-corrected chi connectivity index (χ4v) is 3.16. The van der Waals surface area contributed by atoms with Gasteiger partial charge in [0.15, 0.2) is 0 Å². The minimum Gasteiger partial charge on any atom is -0.489 e. The van der Waals surface area contributed by atoms with Crippen LogP contribution in [0.4, 0.5) is 0 Å². The molecule has 1 aliphatic heterocycles. The molecule has 1 heterocycles. The van der Waals surface area contributed by atoms with Crippen LogP contribution in [-0.2, 0) is 17.9 Å². The van der Waals surface area contributed by atoms with E-state index in [0.29, 0.717) is 12.6 Å². The average molecular weight is 376 g/mol. The first-order valence-corrected chi connectivity index (χ1v) is 8.87. The van der Waals surface area contributed by atoms with Gasteiger partial charge in [0.25, 0.3) is 0 Å². The third kappa shape index (κ3) is 5.06. The first-order chi connectivity index (χ1) is 11.3. The molecule has 1 fully saturated rings. The van der Waals surface area contributed by atoms with Crippen LogP contribution in [0.3, 0.4) is 0 Å². The van der Waals surface area contributed by atoms with Crippen molar-refractivity contribution >= 4 is 15.9 Å². The topological polar surface area (TPSA) is 30.5 Å². The van der Waals surface area contributed by atoms with Gasteiger partial charge < -0.3 is 14.8 Å². The Morgan fingerprint density at radius 1 is 1.09 bits per heavy atom. The highest BCUT2D eigenvalue weighted by Gasteiger charge is 2.13. The van der Waals surface area contributed by atoms with Gasteiger partial charge in [-0.3, -0.25) is 0 Å². The van der Waals surface area contributed by atoms with E-state index >= 15 is 0 Å². The minimum atomic E-state index is 0.560. The number of benzene rings is 2. The smallest absolute Gasteiger partial charge is 0.120 e. The Balaban J connectivity index is 1.52. The van der Waals surface area contributed by atoms with Crippen molar-refractivity contribution < 1.29 is 9.47 Å². The van der Waals surface area contributed by atoms with Crippen molar-refractivity contribution in [1.82, 2.24) is 5.32 Å². The summed E-state index contributed by atoms with van der Waals surface area (Å²) in [4.78, 5) is 0. The van der Waals surface area contributed by atoms with E-state index in [1.165, 1.54) is 11.1 Å². The molecular weight excluding hydrogens is 354 g/mol. The van der Waals surface area contributed by atoms with E-state index in [1.54, 1.807) is 0 Å². The normalized spacial score (nSPS) is 15.5. The Morgan fingerprint density at radius 2 is 1.87 bits per heavy atom.